The van der Waals surface area contributed by atoms with E-state index in [9.17, 15) is 4.79 Å². The average molecular weight is 294 g/mol. The first kappa shape index (κ1) is 13.8. The fraction of sp³-hybridized carbons (Fsp3) is 0.714. The van der Waals surface area contributed by atoms with Gasteiger partial charge < -0.3 is 10.2 Å². The van der Waals surface area contributed by atoms with Gasteiger partial charge in [-0.25, -0.2) is 9.78 Å². The molecule has 0 bridgehead atoms. The maximum Gasteiger partial charge on any atom is 0.321 e. The summed E-state index contributed by atoms with van der Waals surface area (Å²) in [5, 5.41) is 6.58. The molecule has 0 unspecified atom stereocenters. The van der Waals surface area contributed by atoms with Gasteiger partial charge in [0.1, 0.15) is 0 Å². The Bertz CT molecular complexity index is 482. The highest BCUT2D eigenvalue weighted by Gasteiger charge is 2.20. The summed E-state index contributed by atoms with van der Waals surface area (Å²) >= 11 is 1.60. The Kier molecular flexibility index (Phi) is 4.21. The van der Waals surface area contributed by atoms with Gasteiger partial charge in [0.2, 0.25) is 0 Å². The molecule has 0 radical (unpaired) electrons. The molecular weight excluding hydrogens is 272 g/mol. The lowest BCUT2D eigenvalue weighted by atomic mass is 10.1. The van der Waals surface area contributed by atoms with E-state index in [2.05, 4.69) is 27.6 Å². The quantitative estimate of drug-likeness (QED) is 0.900. The van der Waals surface area contributed by atoms with Gasteiger partial charge in [-0.2, -0.15) is 0 Å². The first-order chi connectivity index (χ1) is 9.70. The van der Waals surface area contributed by atoms with Crippen molar-refractivity contribution in [2.75, 3.05) is 25.5 Å². The normalized spacial score (nSPS) is 19.9. The Morgan fingerprint density at radius 1 is 1.45 bits per heavy atom. The zero-order chi connectivity index (χ0) is 13.9. The highest BCUT2D eigenvalue weighted by Crippen LogP contribution is 2.27. The number of hydrogen-bond donors (Lipinski definition) is 2. The highest BCUT2D eigenvalue weighted by molar-refractivity contribution is 7.15. The Balaban J connectivity index is 1.51. The van der Waals surface area contributed by atoms with E-state index in [4.69, 9.17) is 0 Å². The highest BCUT2D eigenvalue weighted by atomic mass is 32.1. The van der Waals surface area contributed by atoms with Crippen LogP contribution in [0.2, 0.25) is 0 Å². The van der Waals surface area contributed by atoms with E-state index in [0.29, 0.717) is 5.92 Å². The van der Waals surface area contributed by atoms with Gasteiger partial charge in [0.25, 0.3) is 0 Å². The number of carbonyl (C=O) groups is 1. The fourth-order valence-corrected chi connectivity index (χ4v) is 4.05. The van der Waals surface area contributed by atoms with Crippen LogP contribution in [0.4, 0.5) is 9.93 Å². The molecule has 0 spiro atoms. The van der Waals surface area contributed by atoms with Gasteiger partial charge in [-0.15, -0.1) is 11.3 Å². The van der Waals surface area contributed by atoms with Gasteiger partial charge >= 0.3 is 6.03 Å². The van der Waals surface area contributed by atoms with Crippen LogP contribution < -0.4 is 10.6 Å². The topological polar surface area (TPSA) is 57.3 Å². The van der Waals surface area contributed by atoms with E-state index in [-0.39, 0.29) is 6.03 Å². The molecule has 2 N–H and O–H groups in total. The van der Waals surface area contributed by atoms with E-state index in [1.54, 1.807) is 11.3 Å². The van der Waals surface area contributed by atoms with Crippen molar-refractivity contribution in [1.82, 2.24) is 15.2 Å². The number of aromatic nitrogens is 1. The zero-order valence-electron chi connectivity index (χ0n) is 11.9. The third kappa shape index (κ3) is 3.30. The van der Waals surface area contributed by atoms with Crippen molar-refractivity contribution in [3.05, 3.63) is 10.6 Å². The lowest BCUT2D eigenvalue weighted by Crippen LogP contribution is -2.32. The second kappa shape index (κ2) is 6.10. The lowest BCUT2D eigenvalue weighted by Gasteiger charge is -2.20. The maximum absolute atomic E-state index is 11.9. The van der Waals surface area contributed by atoms with Gasteiger partial charge in [0.15, 0.2) is 5.13 Å². The van der Waals surface area contributed by atoms with Crippen LogP contribution in [0.15, 0.2) is 0 Å². The predicted molar refractivity (Wildman–Crippen MR) is 81.1 cm³/mol. The number of hydrogen-bond acceptors (Lipinski definition) is 4. The van der Waals surface area contributed by atoms with Crippen LogP contribution in [0, 0.1) is 5.92 Å². The molecule has 1 fully saturated rings. The Morgan fingerprint density at radius 3 is 3.05 bits per heavy atom. The zero-order valence-corrected chi connectivity index (χ0v) is 12.8. The number of fused-ring (bicyclic) bond motifs is 1. The van der Waals surface area contributed by atoms with Crippen molar-refractivity contribution in [1.29, 1.82) is 0 Å². The van der Waals surface area contributed by atoms with E-state index in [1.165, 1.54) is 30.6 Å². The summed E-state index contributed by atoms with van der Waals surface area (Å²) in [7, 11) is 2.12. The molecule has 1 aromatic heterocycles. The predicted octanol–water partition coefficient (Wildman–Crippen LogP) is 2.44. The number of urea groups is 1. The molecule has 1 aliphatic carbocycles. The number of carbonyl (C=O) groups excluding carboxylic acids is 1. The van der Waals surface area contributed by atoms with E-state index >= 15 is 0 Å². The molecule has 3 rings (SSSR count). The van der Waals surface area contributed by atoms with Crippen molar-refractivity contribution in [3.8, 4) is 0 Å². The molecule has 1 saturated carbocycles. The van der Waals surface area contributed by atoms with E-state index in [0.717, 1.165) is 36.9 Å². The maximum atomic E-state index is 11.9. The fourth-order valence-electron chi connectivity index (χ4n) is 2.97. The first-order valence-electron chi connectivity index (χ1n) is 7.42. The number of anilines is 1. The molecule has 2 aliphatic rings. The molecule has 2 amide bonds. The van der Waals surface area contributed by atoms with Crippen LogP contribution in [0.5, 0.6) is 0 Å². The number of likely N-dealkylation sites (N-methyl/N-ethyl adjacent to an activating group) is 1. The molecule has 2 heterocycles. The van der Waals surface area contributed by atoms with Gasteiger partial charge in [0.05, 0.1) is 5.69 Å². The van der Waals surface area contributed by atoms with E-state index < -0.39 is 0 Å². The number of nitrogens with zero attached hydrogens (tertiary/aromatic N) is 2. The van der Waals surface area contributed by atoms with Gasteiger partial charge in [0, 0.05) is 30.9 Å². The second-order valence-corrected chi connectivity index (χ2v) is 6.95. The molecule has 1 aromatic rings. The summed E-state index contributed by atoms with van der Waals surface area (Å²) in [4.78, 5) is 20.0. The number of amides is 2. The number of nitrogens with one attached hydrogen (secondary N) is 2. The minimum Gasteiger partial charge on any atom is -0.338 e. The molecule has 110 valence electrons. The molecular formula is C14H22N4OS. The van der Waals surface area contributed by atoms with Crippen LogP contribution in [0.3, 0.4) is 0 Å². The minimum atomic E-state index is -0.114. The lowest BCUT2D eigenvalue weighted by molar-refractivity contribution is 0.250. The summed E-state index contributed by atoms with van der Waals surface area (Å²) in [6.07, 6.45) is 6.09. The number of rotatable bonds is 3. The van der Waals surface area contributed by atoms with Crippen LogP contribution in [-0.2, 0) is 13.0 Å². The monoisotopic (exact) mass is 294 g/mol. The largest absolute Gasteiger partial charge is 0.338 e. The van der Waals surface area contributed by atoms with Crippen molar-refractivity contribution in [2.24, 2.45) is 5.92 Å². The van der Waals surface area contributed by atoms with Crippen molar-refractivity contribution >= 4 is 22.5 Å². The van der Waals surface area contributed by atoms with Crippen molar-refractivity contribution in [3.63, 3.8) is 0 Å². The summed E-state index contributed by atoms with van der Waals surface area (Å²) in [5.74, 6) is 0.666. The van der Waals surface area contributed by atoms with Gasteiger partial charge in [-0.1, -0.05) is 12.8 Å². The van der Waals surface area contributed by atoms with Crippen LogP contribution in [-0.4, -0.2) is 36.1 Å². The Labute approximate surface area is 123 Å². The Hall–Kier alpha value is -1.14. The Morgan fingerprint density at radius 2 is 2.25 bits per heavy atom. The summed E-state index contributed by atoms with van der Waals surface area (Å²) in [5.41, 5.74) is 1.15. The molecule has 5 nitrogen and oxygen atoms in total. The van der Waals surface area contributed by atoms with Crippen LogP contribution in [0.25, 0.3) is 0 Å². The first-order valence-corrected chi connectivity index (χ1v) is 8.24. The smallest absolute Gasteiger partial charge is 0.321 e. The van der Waals surface area contributed by atoms with Crippen LogP contribution >= 0.6 is 11.3 Å². The third-order valence-electron chi connectivity index (χ3n) is 4.17. The van der Waals surface area contributed by atoms with Gasteiger partial charge in [-0.3, -0.25) is 5.32 Å². The standard InChI is InChI=1S/C14H22N4OS/c1-18-7-6-11-12(9-18)20-14(16-11)17-13(19)15-8-10-4-2-3-5-10/h10H,2-9H2,1H3,(H2,15,16,17,19). The molecule has 0 atom stereocenters. The summed E-state index contributed by atoms with van der Waals surface area (Å²) in [6, 6.07) is -0.114. The molecule has 0 saturated heterocycles. The number of thiazole rings is 1. The molecule has 0 aromatic carbocycles. The summed E-state index contributed by atoms with van der Waals surface area (Å²) in [6.45, 7) is 2.78. The van der Waals surface area contributed by atoms with Crippen LogP contribution in [0.1, 0.15) is 36.3 Å². The third-order valence-corrected chi connectivity index (χ3v) is 5.17. The summed E-state index contributed by atoms with van der Waals surface area (Å²) < 4.78 is 0. The molecule has 1 aliphatic heterocycles. The average Bonchev–Trinajstić information content (AvgIpc) is 3.04. The van der Waals surface area contributed by atoms with Crippen molar-refractivity contribution < 1.29 is 4.79 Å². The second-order valence-electron chi connectivity index (χ2n) is 5.86. The molecule has 6 heteroatoms. The SMILES string of the molecule is CN1CCc2nc(NC(=O)NCC3CCCC3)sc2C1. The van der Waals surface area contributed by atoms with Crippen molar-refractivity contribution in [2.45, 2.75) is 38.6 Å². The van der Waals surface area contributed by atoms with Gasteiger partial charge in [-0.05, 0) is 25.8 Å². The minimum absolute atomic E-state index is 0.114. The van der Waals surface area contributed by atoms with E-state index in [1.807, 2.05) is 0 Å². The molecule has 20 heavy (non-hydrogen) atoms.